The van der Waals surface area contributed by atoms with Gasteiger partial charge in [0, 0.05) is 61.0 Å². The molecule has 0 saturated heterocycles. The van der Waals surface area contributed by atoms with Crippen LogP contribution in [0.3, 0.4) is 0 Å². The molecule has 1 aromatic carbocycles. The van der Waals surface area contributed by atoms with Crippen LogP contribution < -0.4 is 0 Å². The maximum absolute atomic E-state index is 11.5. The van der Waals surface area contributed by atoms with Gasteiger partial charge in [-0.2, -0.15) is 0 Å². The third-order valence-electron chi connectivity index (χ3n) is 6.83. The fourth-order valence-corrected chi connectivity index (χ4v) is 3.54. The van der Waals surface area contributed by atoms with Crippen LogP contribution in [-0.4, -0.2) is 20.9 Å². The molecule has 203 valence electrons. The molecule has 0 fully saturated rings. The molecule has 37 heavy (non-hydrogen) atoms. The van der Waals surface area contributed by atoms with Gasteiger partial charge in [-0.15, -0.1) is 34.9 Å². The van der Waals surface area contributed by atoms with Crippen molar-refractivity contribution in [3.05, 3.63) is 71.9 Å². The summed E-state index contributed by atoms with van der Waals surface area (Å²) in [5, 5.41) is 11.8. The first-order valence-electron chi connectivity index (χ1n) is 12.8. The van der Waals surface area contributed by atoms with Crippen LogP contribution in [0.15, 0.2) is 54.7 Å². The number of aliphatic hydroxyl groups is 1. The normalized spacial score (nSPS) is 12.4. The zero-order valence-electron chi connectivity index (χ0n) is 24.1. The Kier molecular flexibility index (Phi) is 11.4. The molecule has 0 saturated carbocycles. The predicted octanol–water partition coefficient (Wildman–Crippen LogP) is 8.57. The van der Waals surface area contributed by atoms with E-state index in [0.717, 1.165) is 34.9 Å². The summed E-state index contributed by atoms with van der Waals surface area (Å²) in [5.41, 5.74) is 4.01. The summed E-state index contributed by atoms with van der Waals surface area (Å²) in [4.78, 5) is 20.3. The molecule has 0 spiro atoms. The number of carbonyl (C=O) groups excluding carboxylic acids is 1. The van der Waals surface area contributed by atoms with Gasteiger partial charge in [-0.25, -0.2) is 0 Å². The second-order valence-corrected chi connectivity index (χ2v) is 11.9. The molecule has 0 unspecified atom stereocenters. The van der Waals surface area contributed by atoms with Gasteiger partial charge >= 0.3 is 0 Å². The number of hydrogen-bond donors (Lipinski definition) is 1. The van der Waals surface area contributed by atoms with Crippen molar-refractivity contribution in [2.24, 2.45) is 10.8 Å². The Labute approximate surface area is 237 Å². The summed E-state index contributed by atoms with van der Waals surface area (Å²) >= 11 is 0. The topological polar surface area (TPSA) is 63.1 Å². The van der Waals surface area contributed by atoms with E-state index in [1.54, 1.807) is 6.20 Å². The van der Waals surface area contributed by atoms with Gasteiger partial charge < -0.3 is 10.1 Å². The van der Waals surface area contributed by atoms with E-state index in [1.807, 2.05) is 60.0 Å². The van der Waals surface area contributed by atoms with Crippen LogP contribution in [-0.2, 0) is 30.3 Å². The van der Waals surface area contributed by atoms with Crippen molar-refractivity contribution in [2.45, 2.75) is 87.5 Å². The standard InChI is InChI=1S/C21H23N2.C11H20O2.Ir/c1-5-21(4,6-2)19-10-15(3)9-17(11-19)20-12-18-13-22-8-7-16(18)14-23-20;1-10(2,3)8(12)7-9(13)11(4,5)6;/h7-8,10-14H,5-6H2,1-4H3;7,12H,1-6H3;/q-1;;/b;8-7-;. The Balaban J connectivity index is 0.000000423. The van der Waals surface area contributed by atoms with Crippen molar-refractivity contribution in [1.82, 2.24) is 9.97 Å². The van der Waals surface area contributed by atoms with Crippen molar-refractivity contribution < 1.29 is 30.0 Å². The van der Waals surface area contributed by atoms with Gasteiger partial charge in [-0.05, 0) is 35.4 Å². The average Bonchev–Trinajstić information content (AvgIpc) is 2.82. The zero-order chi connectivity index (χ0) is 27.3. The third kappa shape index (κ3) is 8.86. The average molecular weight is 680 g/mol. The summed E-state index contributed by atoms with van der Waals surface area (Å²) in [5.74, 6) is 0.104. The molecule has 3 rings (SSSR count). The molecule has 0 atom stereocenters. The number of allylic oxidation sites excluding steroid dienone is 2. The largest absolute Gasteiger partial charge is 0.512 e. The molecule has 0 aliphatic heterocycles. The molecule has 4 nitrogen and oxygen atoms in total. The van der Waals surface area contributed by atoms with Crippen molar-refractivity contribution in [1.29, 1.82) is 0 Å². The van der Waals surface area contributed by atoms with Gasteiger partial charge in [0.1, 0.15) is 5.76 Å². The van der Waals surface area contributed by atoms with Crippen LogP contribution in [0.4, 0.5) is 0 Å². The SMILES string of the molecule is CC(C)(C)C(=O)/C=C(\O)C(C)(C)C.CCC(C)(CC)c1cc(C)[c-]c(-c2cc3cnccc3cn2)c1.[Ir]. The van der Waals surface area contributed by atoms with Gasteiger partial charge in [0.2, 0.25) is 0 Å². The molecule has 2 heterocycles. The summed E-state index contributed by atoms with van der Waals surface area (Å²) < 4.78 is 0. The van der Waals surface area contributed by atoms with Gasteiger partial charge in [0.25, 0.3) is 0 Å². The fraction of sp³-hybridized carbons (Fsp3) is 0.469. The third-order valence-corrected chi connectivity index (χ3v) is 6.83. The number of aryl methyl sites for hydroxylation is 1. The molecular formula is C32H43IrN2O2-. The number of pyridine rings is 2. The number of nitrogens with zero attached hydrogens (tertiary/aromatic N) is 2. The maximum atomic E-state index is 11.5. The first-order chi connectivity index (χ1) is 16.6. The molecule has 0 amide bonds. The second kappa shape index (κ2) is 12.9. The zero-order valence-corrected chi connectivity index (χ0v) is 26.5. The Morgan fingerprint density at radius 2 is 1.57 bits per heavy atom. The van der Waals surface area contributed by atoms with E-state index in [1.165, 1.54) is 17.2 Å². The summed E-state index contributed by atoms with van der Waals surface area (Å²) in [6.45, 7) is 20.1. The number of carbonyl (C=O) groups is 1. The molecule has 1 N–H and O–H groups in total. The maximum Gasteiger partial charge on any atom is 0.164 e. The van der Waals surface area contributed by atoms with E-state index in [9.17, 15) is 9.90 Å². The van der Waals surface area contributed by atoms with Gasteiger partial charge in [-0.1, -0.05) is 75.3 Å². The van der Waals surface area contributed by atoms with Gasteiger partial charge in [-0.3, -0.25) is 9.78 Å². The number of fused-ring (bicyclic) bond motifs is 1. The molecule has 0 aliphatic carbocycles. The number of ketones is 1. The van der Waals surface area contributed by atoms with Crippen molar-refractivity contribution in [3.8, 4) is 11.3 Å². The summed E-state index contributed by atoms with van der Waals surface area (Å²) in [6, 6.07) is 12.1. The van der Waals surface area contributed by atoms with E-state index < -0.39 is 5.41 Å². The molecule has 0 aliphatic rings. The Morgan fingerprint density at radius 3 is 2.11 bits per heavy atom. The number of rotatable bonds is 5. The number of hydrogen-bond acceptors (Lipinski definition) is 4. The van der Waals surface area contributed by atoms with E-state index in [2.05, 4.69) is 61.9 Å². The van der Waals surface area contributed by atoms with Crippen LogP contribution in [0.5, 0.6) is 0 Å². The smallest absolute Gasteiger partial charge is 0.164 e. The van der Waals surface area contributed by atoms with Gasteiger partial charge in [0.05, 0.1) is 0 Å². The fourth-order valence-electron chi connectivity index (χ4n) is 3.54. The first-order valence-corrected chi connectivity index (χ1v) is 12.8. The minimum atomic E-state index is -0.417. The van der Waals surface area contributed by atoms with E-state index in [4.69, 9.17) is 0 Å². The second-order valence-electron chi connectivity index (χ2n) is 11.9. The number of aliphatic hydroxyl groups excluding tert-OH is 1. The predicted molar refractivity (Wildman–Crippen MR) is 151 cm³/mol. The quantitative estimate of drug-likeness (QED) is 0.167. The minimum absolute atomic E-state index is 0. The van der Waals surface area contributed by atoms with Crippen molar-refractivity contribution in [2.75, 3.05) is 0 Å². The van der Waals surface area contributed by atoms with Crippen LogP contribution in [0.1, 0.15) is 86.3 Å². The van der Waals surface area contributed by atoms with Crippen LogP contribution in [0, 0.1) is 23.8 Å². The Hall–Kier alpha value is -2.36. The Morgan fingerprint density at radius 1 is 0.946 bits per heavy atom. The first kappa shape index (κ1) is 32.7. The molecule has 5 heteroatoms. The monoisotopic (exact) mass is 680 g/mol. The number of aromatic nitrogens is 2. The van der Waals surface area contributed by atoms with Crippen molar-refractivity contribution in [3.63, 3.8) is 0 Å². The van der Waals surface area contributed by atoms with E-state index >= 15 is 0 Å². The molecule has 2 aromatic heterocycles. The van der Waals surface area contributed by atoms with Crippen LogP contribution in [0.2, 0.25) is 0 Å². The van der Waals surface area contributed by atoms with Crippen LogP contribution >= 0.6 is 0 Å². The summed E-state index contributed by atoms with van der Waals surface area (Å²) in [6.07, 6.45) is 9.19. The van der Waals surface area contributed by atoms with E-state index in [-0.39, 0.29) is 42.5 Å². The van der Waals surface area contributed by atoms with Crippen molar-refractivity contribution >= 4 is 16.6 Å². The minimum Gasteiger partial charge on any atom is -0.512 e. The molecule has 0 bridgehead atoms. The molecule has 3 aromatic rings. The molecular weight excluding hydrogens is 637 g/mol. The number of benzene rings is 1. The molecule has 1 radical (unpaired) electrons. The Bertz CT molecular complexity index is 1230. The van der Waals surface area contributed by atoms with Gasteiger partial charge in [0.15, 0.2) is 5.78 Å². The summed E-state index contributed by atoms with van der Waals surface area (Å²) in [7, 11) is 0. The van der Waals surface area contributed by atoms with E-state index in [0.29, 0.717) is 0 Å². The van der Waals surface area contributed by atoms with Crippen LogP contribution in [0.25, 0.3) is 22.0 Å².